The molecule has 2 amide bonds. The van der Waals surface area contributed by atoms with E-state index in [4.69, 9.17) is 5.73 Å². The lowest BCUT2D eigenvalue weighted by Gasteiger charge is -2.13. The number of aryl methyl sites for hydroxylation is 3. The highest BCUT2D eigenvalue weighted by atomic mass is 32.2. The summed E-state index contributed by atoms with van der Waals surface area (Å²) in [6, 6.07) is 6.00. The zero-order valence-electron chi connectivity index (χ0n) is 15.4. The molecule has 0 spiro atoms. The Morgan fingerprint density at radius 1 is 1.27 bits per heavy atom. The third kappa shape index (κ3) is 5.08. The molecule has 0 radical (unpaired) electrons. The SMILES string of the molecule is CCc1cccc(C)c1NC(=O)CSc1nnc(CCC(N)=O)n1CC. The molecule has 7 nitrogen and oxygen atoms in total. The maximum absolute atomic E-state index is 12.4. The lowest BCUT2D eigenvalue weighted by molar-refractivity contribution is -0.118. The Labute approximate surface area is 157 Å². The smallest absolute Gasteiger partial charge is 0.234 e. The predicted octanol–water partition coefficient (Wildman–Crippen LogP) is 2.32. The molecule has 0 aliphatic rings. The third-order valence-electron chi connectivity index (χ3n) is 4.04. The number of aromatic nitrogens is 3. The molecular formula is C18H25N5O2S. The summed E-state index contributed by atoms with van der Waals surface area (Å²) in [5, 5.41) is 11.9. The zero-order chi connectivity index (χ0) is 19.1. The number of amides is 2. The Kier molecular flexibility index (Phi) is 7.20. The minimum Gasteiger partial charge on any atom is -0.370 e. The van der Waals surface area contributed by atoms with Gasteiger partial charge in [-0.1, -0.05) is 36.9 Å². The summed E-state index contributed by atoms with van der Waals surface area (Å²) in [4.78, 5) is 23.3. The molecule has 0 saturated carbocycles. The van der Waals surface area contributed by atoms with Crippen molar-refractivity contribution in [3.05, 3.63) is 35.2 Å². The van der Waals surface area contributed by atoms with E-state index in [0.717, 1.165) is 23.2 Å². The molecule has 140 valence electrons. The highest BCUT2D eigenvalue weighted by molar-refractivity contribution is 7.99. The molecule has 8 heteroatoms. The molecule has 1 aromatic heterocycles. The van der Waals surface area contributed by atoms with Crippen LogP contribution in [0.1, 0.15) is 37.2 Å². The van der Waals surface area contributed by atoms with Crippen molar-refractivity contribution in [2.45, 2.75) is 51.7 Å². The van der Waals surface area contributed by atoms with Crippen LogP contribution >= 0.6 is 11.8 Å². The summed E-state index contributed by atoms with van der Waals surface area (Å²) in [5.41, 5.74) is 8.25. The van der Waals surface area contributed by atoms with Crippen LogP contribution in [0.15, 0.2) is 23.4 Å². The van der Waals surface area contributed by atoms with Gasteiger partial charge in [0, 0.05) is 25.1 Å². The summed E-state index contributed by atoms with van der Waals surface area (Å²) in [7, 11) is 0. The maximum atomic E-state index is 12.4. The van der Waals surface area contributed by atoms with E-state index in [0.29, 0.717) is 23.9 Å². The van der Waals surface area contributed by atoms with Crippen LogP contribution in [0.5, 0.6) is 0 Å². The molecule has 0 fully saturated rings. The molecule has 0 saturated heterocycles. The van der Waals surface area contributed by atoms with Crippen molar-refractivity contribution >= 4 is 29.3 Å². The predicted molar refractivity (Wildman–Crippen MR) is 103 cm³/mol. The van der Waals surface area contributed by atoms with Gasteiger partial charge in [0.25, 0.3) is 0 Å². The number of hydrogen-bond donors (Lipinski definition) is 2. The topological polar surface area (TPSA) is 103 Å². The van der Waals surface area contributed by atoms with Gasteiger partial charge in [-0.15, -0.1) is 10.2 Å². The molecule has 2 aromatic rings. The van der Waals surface area contributed by atoms with Gasteiger partial charge >= 0.3 is 0 Å². The quantitative estimate of drug-likeness (QED) is 0.655. The van der Waals surface area contributed by atoms with Crippen LogP contribution in [0, 0.1) is 6.92 Å². The first kappa shape index (κ1) is 20.0. The van der Waals surface area contributed by atoms with E-state index in [1.165, 1.54) is 11.8 Å². The average molecular weight is 375 g/mol. The largest absolute Gasteiger partial charge is 0.370 e. The van der Waals surface area contributed by atoms with Crippen LogP contribution in [0.4, 0.5) is 5.69 Å². The summed E-state index contributed by atoms with van der Waals surface area (Å²) in [5.74, 6) is 0.504. The first-order valence-electron chi connectivity index (χ1n) is 8.67. The normalized spacial score (nSPS) is 10.7. The second-order valence-electron chi connectivity index (χ2n) is 5.91. The van der Waals surface area contributed by atoms with Gasteiger partial charge < -0.3 is 15.6 Å². The van der Waals surface area contributed by atoms with E-state index >= 15 is 0 Å². The summed E-state index contributed by atoms with van der Waals surface area (Å²) in [6.45, 7) is 6.70. The molecule has 0 atom stereocenters. The zero-order valence-corrected chi connectivity index (χ0v) is 16.2. The molecule has 0 aliphatic heterocycles. The Morgan fingerprint density at radius 3 is 2.69 bits per heavy atom. The minimum atomic E-state index is -0.366. The molecule has 1 aromatic carbocycles. The number of benzene rings is 1. The first-order valence-corrected chi connectivity index (χ1v) is 9.66. The molecule has 26 heavy (non-hydrogen) atoms. The van der Waals surface area contributed by atoms with Gasteiger partial charge in [-0.25, -0.2) is 0 Å². The molecule has 3 N–H and O–H groups in total. The van der Waals surface area contributed by atoms with Gasteiger partial charge in [-0.3, -0.25) is 9.59 Å². The van der Waals surface area contributed by atoms with Gasteiger partial charge in [0.05, 0.1) is 5.75 Å². The molecule has 2 rings (SSSR count). The van der Waals surface area contributed by atoms with Crippen LogP contribution < -0.4 is 11.1 Å². The van der Waals surface area contributed by atoms with Gasteiger partial charge in [-0.05, 0) is 31.4 Å². The number of para-hydroxylation sites is 1. The van der Waals surface area contributed by atoms with Crippen molar-refractivity contribution < 1.29 is 9.59 Å². The van der Waals surface area contributed by atoms with Gasteiger partial charge in [-0.2, -0.15) is 0 Å². The summed E-state index contributed by atoms with van der Waals surface area (Å²) >= 11 is 1.33. The van der Waals surface area contributed by atoms with Crippen molar-refractivity contribution in [3.8, 4) is 0 Å². The van der Waals surface area contributed by atoms with Crippen molar-refractivity contribution in [3.63, 3.8) is 0 Å². The number of nitrogens with two attached hydrogens (primary N) is 1. The van der Waals surface area contributed by atoms with Gasteiger partial charge in [0.15, 0.2) is 5.16 Å². The van der Waals surface area contributed by atoms with Crippen molar-refractivity contribution in [2.75, 3.05) is 11.1 Å². The fourth-order valence-corrected chi connectivity index (χ4v) is 3.49. The monoisotopic (exact) mass is 375 g/mol. The molecular weight excluding hydrogens is 350 g/mol. The third-order valence-corrected chi connectivity index (χ3v) is 5.01. The van der Waals surface area contributed by atoms with Gasteiger partial charge in [0.1, 0.15) is 5.82 Å². The Balaban J connectivity index is 2.01. The number of carbonyl (C=O) groups is 2. The van der Waals surface area contributed by atoms with E-state index in [-0.39, 0.29) is 24.0 Å². The van der Waals surface area contributed by atoms with Crippen molar-refractivity contribution in [1.29, 1.82) is 0 Å². The Hall–Kier alpha value is -2.35. The number of rotatable bonds is 9. The molecule has 0 unspecified atom stereocenters. The van der Waals surface area contributed by atoms with E-state index in [9.17, 15) is 9.59 Å². The Bertz CT molecular complexity index is 788. The number of nitrogens with one attached hydrogen (secondary N) is 1. The second-order valence-corrected chi connectivity index (χ2v) is 6.85. The summed E-state index contributed by atoms with van der Waals surface area (Å²) < 4.78 is 1.91. The Morgan fingerprint density at radius 2 is 2.04 bits per heavy atom. The summed E-state index contributed by atoms with van der Waals surface area (Å²) in [6.07, 6.45) is 1.54. The molecule has 0 aliphatic carbocycles. The van der Waals surface area contributed by atoms with E-state index in [1.54, 1.807) is 0 Å². The van der Waals surface area contributed by atoms with E-state index in [2.05, 4.69) is 22.4 Å². The fraction of sp³-hybridized carbons (Fsp3) is 0.444. The number of anilines is 1. The van der Waals surface area contributed by atoms with E-state index < -0.39 is 0 Å². The van der Waals surface area contributed by atoms with E-state index in [1.807, 2.05) is 36.6 Å². The minimum absolute atomic E-state index is 0.0802. The van der Waals surface area contributed by atoms with Crippen molar-refractivity contribution in [1.82, 2.24) is 14.8 Å². The fourth-order valence-electron chi connectivity index (χ4n) is 2.67. The first-order chi connectivity index (χ1) is 12.5. The standard InChI is InChI=1S/C18H25N5O2S/c1-4-13-8-6-7-12(3)17(13)20-16(25)11-26-18-22-21-15(23(18)5-2)10-9-14(19)24/h6-8H,4-5,9-11H2,1-3H3,(H2,19,24)(H,20,25). The van der Waals surface area contributed by atoms with Crippen LogP contribution in [0.2, 0.25) is 0 Å². The van der Waals surface area contributed by atoms with Crippen LogP contribution in [-0.2, 0) is 29.0 Å². The van der Waals surface area contributed by atoms with Crippen LogP contribution in [0.3, 0.4) is 0 Å². The molecule has 1 heterocycles. The average Bonchev–Trinajstić information content (AvgIpc) is 3.01. The lowest BCUT2D eigenvalue weighted by atomic mass is 10.1. The van der Waals surface area contributed by atoms with Gasteiger partial charge in [0.2, 0.25) is 11.8 Å². The number of nitrogens with zero attached hydrogens (tertiary/aromatic N) is 3. The number of carbonyl (C=O) groups excluding carboxylic acids is 2. The maximum Gasteiger partial charge on any atom is 0.234 e. The lowest BCUT2D eigenvalue weighted by Crippen LogP contribution is -2.17. The molecule has 0 bridgehead atoms. The second kappa shape index (κ2) is 9.38. The number of thioether (sulfide) groups is 1. The number of primary amides is 1. The van der Waals surface area contributed by atoms with Crippen LogP contribution in [0.25, 0.3) is 0 Å². The highest BCUT2D eigenvalue weighted by Crippen LogP contribution is 2.22. The van der Waals surface area contributed by atoms with Crippen LogP contribution in [-0.4, -0.2) is 32.3 Å². The number of hydrogen-bond acceptors (Lipinski definition) is 5. The van der Waals surface area contributed by atoms with Crippen molar-refractivity contribution in [2.24, 2.45) is 5.73 Å². The highest BCUT2D eigenvalue weighted by Gasteiger charge is 2.15.